The molecule has 2 aromatic carbocycles. The molecule has 3 rings (SSSR count). The van der Waals surface area contributed by atoms with E-state index in [0.29, 0.717) is 18.9 Å². The number of hydrogen-bond donors (Lipinski definition) is 1. The first-order valence-electron chi connectivity index (χ1n) is 9.23. The average molecular weight is 453 g/mol. The molecule has 1 N–H and O–H groups in total. The number of nitrogens with zero attached hydrogens (tertiary/aromatic N) is 1. The van der Waals surface area contributed by atoms with Crippen LogP contribution in [0.5, 0.6) is 0 Å². The van der Waals surface area contributed by atoms with Gasteiger partial charge in [0, 0.05) is 18.8 Å². The van der Waals surface area contributed by atoms with Gasteiger partial charge in [0.1, 0.15) is 0 Å². The third kappa shape index (κ3) is 5.17. The molecule has 0 bridgehead atoms. The number of rotatable bonds is 6. The molecule has 1 fully saturated rings. The molecule has 2 aromatic rings. The molecule has 10 heteroatoms. The third-order valence-electron chi connectivity index (χ3n) is 4.46. The van der Waals surface area contributed by atoms with E-state index in [0.717, 1.165) is 6.07 Å². The number of esters is 1. The molecular weight excluding hydrogens is 432 g/mol. The van der Waals surface area contributed by atoms with Gasteiger partial charge in [-0.1, -0.05) is 29.8 Å². The van der Waals surface area contributed by atoms with Gasteiger partial charge in [0.05, 0.1) is 28.7 Å². The average Bonchev–Trinajstić information content (AvgIpc) is 2.75. The van der Waals surface area contributed by atoms with Crippen LogP contribution in [0.2, 0.25) is 5.02 Å². The lowest BCUT2D eigenvalue weighted by Gasteiger charge is -2.26. The number of para-hydroxylation sites is 1. The molecule has 0 aromatic heterocycles. The van der Waals surface area contributed by atoms with Gasteiger partial charge in [-0.25, -0.2) is 13.2 Å². The molecule has 0 unspecified atom stereocenters. The van der Waals surface area contributed by atoms with Gasteiger partial charge in [0.15, 0.2) is 6.10 Å². The maximum Gasteiger partial charge on any atom is 0.340 e. The molecule has 1 atom stereocenters. The van der Waals surface area contributed by atoms with E-state index in [1.807, 2.05) is 0 Å². The van der Waals surface area contributed by atoms with Crippen LogP contribution in [0.3, 0.4) is 0 Å². The fraction of sp³-hybridized carbons (Fsp3) is 0.300. The standard InChI is InChI=1S/C20H21ClN2O6S/c1-14(19(24)22-15-5-3-2-4-6-15)29-20(25)17-13-16(7-8-18(17)21)30(26,27)23-9-11-28-12-10-23/h2-8,13-14H,9-12H2,1H3,(H,22,24)/t14-/m1/s1. The lowest BCUT2D eigenvalue weighted by atomic mass is 10.2. The van der Waals surface area contributed by atoms with E-state index in [1.165, 1.54) is 23.4 Å². The zero-order chi connectivity index (χ0) is 21.7. The lowest BCUT2D eigenvalue weighted by Crippen LogP contribution is -2.40. The first kappa shape index (κ1) is 22.2. The fourth-order valence-corrected chi connectivity index (χ4v) is 4.43. The highest BCUT2D eigenvalue weighted by Crippen LogP contribution is 2.24. The third-order valence-corrected chi connectivity index (χ3v) is 6.68. The van der Waals surface area contributed by atoms with Crippen molar-refractivity contribution in [3.63, 3.8) is 0 Å². The summed E-state index contributed by atoms with van der Waals surface area (Å²) in [4.78, 5) is 24.8. The summed E-state index contributed by atoms with van der Waals surface area (Å²) in [6, 6.07) is 12.5. The minimum absolute atomic E-state index is 0.0246. The van der Waals surface area contributed by atoms with Crippen molar-refractivity contribution in [1.82, 2.24) is 4.31 Å². The molecule has 1 aliphatic rings. The van der Waals surface area contributed by atoms with Crippen molar-refractivity contribution in [2.24, 2.45) is 0 Å². The monoisotopic (exact) mass is 452 g/mol. The number of hydrogen-bond acceptors (Lipinski definition) is 6. The van der Waals surface area contributed by atoms with Crippen molar-refractivity contribution in [3.8, 4) is 0 Å². The molecule has 1 saturated heterocycles. The van der Waals surface area contributed by atoms with Crippen molar-refractivity contribution >= 4 is 39.2 Å². The number of halogens is 1. The van der Waals surface area contributed by atoms with Gasteiger partial charge in [0.25, 0.3) is 5.91 Å². The number of carbonyl (C=O) groups is 2. The van der Waals surface area contributed by atoms with E-state index in [4.69, 9.17) is 21.1 Å². The predicted molar refractivity (Wildman–Crippen MR) is 111 cm³/mol. The van der Waals surface area contributed by atoms with E-state index >= 15 is 0 Å². The van der Waals surface area contributed by atoms with Crippen LogP contribution >= 0.6 is 11.6 Å². The Hall–Kier alpha value is -2.46. The number of anilines is 1. The van der Waals surface area contributed by atoms with E-state index in [2.05, 4.69) is 5.32 Å². The van der Waals surface area contributed by atoms with Crippen molar-refractivity contribution in [2.45, 2.75) is 17.9 Å². The first-order chi connectivity index (χ1) is 14.3. The maximum atomic E-state index is 12.8. The van der Waals surface area contributed by atoms with E-state index < -0.39 is 28.0 Å². The summed E-state index contributed by atoms with van der Waals surface area (Å²) in [5, 5.41) is 2.65. The molecular formula is C20H21ClN2O6S. The number of carbonyl (C=O) groups excluding carboxylic acids is 2. The Morgan fingerprint density at radius 1 is 1.13 bits per heavy atom. The van der Waals surface area contributed by atoms with Gasteiger partial charge >= 0.3 is 5.97 Å². The molecule has 1 heterocycles. The smallest absolute Gasteiger partial charge is 0.340 e. The van der Waals surface area contributed by atoms with Crippen LogP contribution in [0.1, 0.15) is 17.3 Å². The van der Waals surface area contributed by atoms with Crippen LogP contribution in [-0.4, -0.2) is 57.0 Å². The summed E-state index contributed by atoms with van der Waals surface area (Å²) in [7, 11) is -3.81. The van der Waals surface area contributed by atoms with Crippen LogP contribution in [0.15, 0.2) is 53.4 Å². The van der Waals surface area contributed by atoms with Gasteiger partial charge in [-0.3, -0.25) is 4.79 Å². The number of morpholine rings is 1. The highest BCUT2D eigenvalue weighted by Gasteiger charge is 2.28. The molecule has 0 spiro atoms. The maximum absolute atomic E-state index is 12.8. The van der Waals surface area contributed by atoms with E-state index in [9.17, 15) is 18.0 Å². The molecule has 1 amide bonds. The Balaban J connectivity index is 1.74. The Morgan fingerprint density at radius 3 is 2.47 bits per heavy atom. The van der Waals surface area contributed by atoms with Crippen molar-refractivity contribution in [2.75, 3.05) is 31.6 Å². The zero-order valence-corrected chi connectivity index (χ0v) is 17.8. The second-order valence-corrected chi connectivity index (χ2v) is 8.91. The van der Waals surface area contributed by atoms with Crippen LogP contribution in [0.4, 0.5) is 5.69 Å². The fourth-order valence-electron chi connectivity index (χ4n) is 2.80. The van der Waals surface area contributed by atoms with Gasteiger partial charge < -0.3 is 14.8 Å². The Labute approximate surface area is 179 Å². The summed E-state index contributed by atoms with van der Waals surface area (Å²) in [6.07, 6.45) is -1.12. The molecule has 0 radical (unpaired) electrons. The van der Waals surface area contributed by atoms with Crippen molar-refractivity contribution < 1.29 is 27.5 Å². The number of benzene rings is 2. The van der Waals surface area contributed by atoms with Gasteiger partial charge in [-0.2, -0.15) is 4.31 Å². The SMILES string of the molecule is C[C@@H](OC(=O)c1cc(S(=O)(=O)N2CCOCC2)ccc1Cl)C(=O)Nc1ccccc1. The highest BCUT2D eigenvalue weighted by molar-refractivity contribution is 7.89. The van der Waals surface area contributed by atoms with Crippen LogP contribution in [-0.2, 0) is 24.3 Å². The number of ether oxygens (including phenoxy) is 2. The lowest BCUT2D eigenvalue weighted by molar-refractivity contribution is -0.123. The normalized spacial score (nSPS) is 15.9. The summed E-state index contributed by atoms with van der Waals surface area (Å²) in [6.45, 7) is 2.47. The van der Waals surface area contributed by atoms with Gasteiger partial charge in [-0.15, -0.1) is 0 Å². The minimum Gasteiger partial charge on any atom is -0.449 e. The largest absolute Gasteiger partial charge is 0.449 e. The first-order valence-corrected chi connectivity index (χ1v) is 11.0. The number of amides is 1. The second kappa shape index (κ2) is 9.57. The molecule has 0 aliphatic carbocycles. The quantitative estimate of drug-likeness (QED) is 0.676. The van der Waals surface area contributed by atoms with Crippen LogP contribution in [0, 0.1) is 0 Å². The van der Waals surface area contributed by atoms with Gasteiger partial charge in [-0.05, 0) is 37.3 Å². The van der Waals surface area contributed by atoms with Crippen LogP contribution in [0.25, 0.3) is 0 Å². The van der Waals surface area contributed by atoms with Crippen molar-refractivity contribution in [1.29, 1.82) is 0 Å². The molecule has 30 heavy (non-hydrogen) atoms. The summed E-state index contributed by atoms with van der Waals surface area (Å²) in [5.74, 6) is -1.42. The van der Waals surface area contributed by atoms with Crippen LogP contribution < -0.4 is 5.32 Å². The summed E-state index contributed by atoms with van der Waals surface area (Å²) >= 11 is 6.09. The Morgan fingerprint density at radius 2 is 1.80 bits per heavy atom. The van der Waals surface area contributed by atoms with Gasteiger partial charge in [0.2, 0.25) is 10.0 Å². The molecule has 1 aliphatic heterocycles. The van der Waals surface area contributed by atoms with Crippen molar-refractivity contribution in [3.05, 3.63) is 59.1 Å². The summed E-state index contributed by atoms with van der Waals surface area (Å²) in [5.41, 5.74) is 0.424. The zero-order valence-electron chi connectivity index (χ0n) is 16.2. The Kier molecular flexibility index (Phi) is 7.09. The topological polar surface area (TPSA) is 102 Å². The molecule has 8 nitrogen and oxygen atoms in total. The molecule has 0 saturated carbocycles. The second-order valence-electron chi connectivity index (χ2n) is 6.56. The highest BCUT2D eigenvalue weighted by atomic mass is 35.5. The van der Waals surface area contributed by atoms with E-state index in [1.54, 1.807) is 30.3 Å². The minimum atomic E-state index is -3.81. The number of nitrogens with one attached hydrogen (secondary N) is 1. The predicted octanol–water partition coefficient (Wildman–Crippen LogP) is 2.54. The molecule has 160 valence electrons. The van der Waals surface area contributed by atoms with E-state index in [-0.39, 0.29) is 28.6 Å². The summed E-state index contributed by atoms with van der Waals surface area (Å²) < 4.78 is 37.3. The Bertz CT molecular complexity index is 1020. The number of sulfonamides is 1.